The van der Waals surface area contributed by atoms with E-state index in [0.29, 0.717) is 44.0 Å². The van der Waals surface area contributed by atoms with Crippen LogP contribution in [0.15, 0.2) is 24.3 Å². The lowest BCUT2D eigenvalue weighted by Crippen LogP contribution is -2.33. The summed E-state index contributed by atoms with van der Waals surface area (Å²) in [6.45, 7) is 4.28. The first-order valence-corrected chi connectivity index (χ1v) is 8.76. The van der Waals surface area contributed by atoms with E-state index < -0.39 is 11.9 Å². The normalized spacial score (nSPS) is 16.3. The van der Waals surface area contributed by atoms with Gasteiger partial charge in [-0.05, 0) is 38.0 Å². The number of nitrogens with zero attached hydrogens (tertiary/aromatic N) is 1. The van der Waals surface area contributed by atoms with Crippen LogP contribution in [0.4, 0.5) is 10.5 Å². The second-order valence-electron chi connectivity index (χ2n) is 6.09. The SMILES string of the molecule is CCOCCCNC(=O)c1cccc(NC(=O)N2CCC(C(=O)O)C2)c1. The molecule has 1 aliphatic rings. The summed E-state index contributed by atoms with van der Waals surface area (Å²) in [6.07, 6.45) is 1.18. The van der Waals surface area contributed by atoms with Gasteiger partial charge in [-0.3, -0.25) is 9.59 Å². The smallest absolute Gasteiger partial charge is 0.321 e. The summed E-state index contributed by atoms with van der Waals surface area (Å²) in [5.41, 5.74) is 0.944. The fraction of sp³-hybridized carbons (Fsp3) is 0.500. The Morgan fingerprint density at radius 1 is 1.35 bits per heavy atom. The Morgan fingerprint density at radius 2 is 2.15 bits per heavy atom. The van der Waals surface area contributed by atoms with Gasteiger partial charge in [0.1, 0.15) is 0 Å². The number of anilines is 1. The molecule has 8 nitrogen and oxygen atoms in total. The third-order valence-corrected chi connectivity index (χ3v) is 4.16. The Labute approximate surface area is 152 Å². The van der Waals surface area contributed by atoms with Crippen LogP contribution >= 0.6 is 0 Å². The third-order valence-electron chi connectivity index (χ3n) is 4.16. The van der Waals surface area contributed by atoms with Crippen molar-refractivity contribution < 1.29 is 24.2 Å². The monoisotopic (exact) mass is 363 g/mol. The maximum atomic E-state index is 12.2. The zero-order valence-electron chi connectivity index (χ0n) is 14.9. The Hall–Kier alpha value is -2.61. The summed E-state index contributed by atoms with van der Waals surface area (Å²) in [7, 11) is 0. The molecule has 2 rings (SSSR count). The van der Waals surface area contributed by atoms with Gasteiger partial charge < -0.3 is 25.4 Å². The standard InChI is InChI=1S/C18H25N3O5/c1-2-26-10-4-8-19-16(22)13-5-3-6-15(11-13)20-18(25)21-9-7-14(12-21)17(23)24/h3,5-6,11,14H,2,4,7-10,12H2,1H3,(H,19,22)(H,20,25)(H,23,24). The highest BCUT2D eigenvalue weighted by atomic mass is 16.5. The second-order valence-corrected chi connectivity index (χ2v) is 6.09. The Bertz CT molecular complexity index is 649. The summed E-state index contributed by atoms with van der Waals surface area (Å²) in [5.74, 6) is -1.62. The number of carboxylic acid groups (broad SMARTS) is 1. The van der Waals surface area contributed by atoms with E-state index in [1.54, 1.807) is 24.3 Å². The summed E-state index contributed by atoms with van der Waals surface area (Å²) in [5, 5.41) is 14.5. The first-order valence-electron chi connectivity index (χ1n) is 8.76. The topological polar surface area (TPSA) is 108 Å². The van der Waals surface area contributed by atoms with Crippen molar-refractivity contribution >= 4 is 23.6 Å². The van der Waals surface area contributed by atoms with Gasteiger partial charge in [-0.2, -0.15) is 0 Å². The molecule has 1 atom stereocenters. The van der Waals surface area contributed by atoms with Crippen LogP contribution in [-0.2, 0) is 9.53 Å². The molecule has 0 saturated carbocycles. The predicted molar refractivity (Wildman–Crippen MR) is 96.2 cm³/mol. The zero-order valence-corrected chi connectivity index (χ0v) is 14.9. The van der Waals surface area contributed by atoms with Crippen molar-refractivity contribution in [2.45, 2.75) is 19.8 Å². The number of likely N-dealkylation sites (tertiary alicyclic amines) is 1. The number of nitrogens with one attached hydrogen (secondary N) is 2. The number of hydrogen-bond acceptors (Lipinski definition) is 4. The molecule has 0 spiro atoms. The lowest BCUT2D eigenvalue weighted by Gasteiger charge is -2.17. The van der Waals surface area contributed by atoms with E-state index in [4.69, 9.17) is 9.84 Å². The largest absolute Gasteiger partial charge is 0.481 e. The zero-order chi connectivity index (χ0) is 18.9. The Morgan fingerprint density at radius 3 is 2.85 bits per heavy atom. The third kappa shape index (κ3) is 5.73. The number of ether oxygens (including phenoxy) is 1. The molecule has 0 aromatic heterocycles. The lowest BCUT2D eigenvalue weighted by molar-refractivity contribution is -0.141. The van der Waals surface area contributed by atoms with Crippen molar-refractivity contribution in [3.63, 3.8) is 0 Å². The molecule has 142 valence electrons. The first kappa shape index (κ1) is 19.7. The lowest BCUT2D eigenvalue weighted by atomic mass is 10.1. The highest BCUT2D eigenvalue weighted by Crippen LogP contribution is 2.18. The summed E-state index contributed by atoms with van der Waals surface area (Å²) >= 11 is 0. The van der Waals surface area contributed by atoms with Crippen LogP contribution in [0.2, 0.25) is 0 Å². The molecule has 1 saturated heterocycles. The predicted octanol–water partition coefficient (Wildman–Crippen LogP) is 1.78. The van der Waals surface area contributed by atoms with Crippen LogP contribution in [0.25, 0.3) is 0 Å². The fourth-order valence-electron chi connectivity index (χ4n) is 2.71. The number of hydrogen-bond donors (Lipinski definition) is 3. The second kappa shape index (κ2) is 9.76. The van der Waals surface area contributed by atoms with Gasteiger partial charge in [0.25, 0.3) is 5.91 Å². The van der Waals surface area contributed by atoms with Gasteiger partial charge in [-0.1, -0.05) is 6.07 Å². The molecule has 26 heavy (non-hydrogen) atoms. The summed E-state index contributed by atoms with van der Waals surface area (Å²) in [4.78, 5) is 36.8. The van der Waals surface area contributed by atoms with Crippen molar-refractivity contribution in [3.05, 3.63) is 29.8 Å². The molecule has 8 heteroatoms. The Balaban J connectivity index is 1.85. The van der Waals surface area contributed by atoms with Crippen molar-refractivity contribution in [1.29, 1.82) is 0 Å². The molecular weight excluding hydrogens is 338 g/mol. The molecule has 3 N–H and O–H groups in total. The van der Waals surface area contributed by atoms with E-state index >= 15 is 0 Å². The number of carbonyl (C=O) groups excluding carboxylic acids is 2. The van der Waals surface area contributed by atoms with Gasteiger partial charge in [0.15, 0.2) is 0 Å². The van der Waals surface area contributed by atoms with E-state index in [0.717, 1.165) is 6.42 Å². The molecule has 1 heterocycles. The average molecular weight is 363 g/mol. The highest BCUT2D eigenvalue weighted by molar-refractivity contribution is 5.97. The molecule has 1 fully saturated rings. The highest BCUT2D eigenvalue weighted by Gasteiger charge is 2.30. The minimum Gasteiger partial charge on any atom is -0.481 e. The van der Waals surface area contributed by atoms with Crippen LogP contribution < -0.4 is 10.6 Å². The van der Waals surface area contributed by atoms with E-state index in [-0.39, 0.29) is 18.5 Å². The summed E-state index contributed by atoms with van der Waals surface area (Å²) in [6, 6.07) is 6.29. The first-order chi connectivity index (χ1) is 12.5. The van der Waals surface area contributed by atoms with E-state index in [1.807, 2.05) is 6.92 Å². The van der Waals surface area contributed by atoms with Crippen LogP contribution in [0.1, 0.15) is 30.1 Å². The van der Waals surface area contributed by atoms with Crippen molar-refractivity contribution in [1.82, 2.24) is 10.2 Å². The number of benzene rings is 1. The van der Waals surface area contributed by atoms with Gasteiger partial charge in [0, 0.05) is 44.1 Å². The number of carbonyl (C=O) groups is 3. The van der Waals surface area contributed by atoms with Gasteiger partial charge in [-0.15, -0.1) is 0 Å². The maximum Gasteiger partial charge on any atom is 0.321 e. The fourth-order valence-corrected chi connectivity index (χ4v) is 2.71. The Kier molecular flexibility index (Phi) is 7.40. The quantitative estimate of drug-likeness (QED) is 0.610. The van der Waals surface area contributed by atoms with Gasteiger partial charge in [0.2, 0.25) is 0 Å². The number of carboxylic acids is 1. The van der Waals surface area contributed by atoms with Crippen LogP contribution in [0.3, 0.4) is 0 Å². The molecule has 0 aliphatic carbocycles. The summed E-state index contributed by atoms with van der Waals surface area (Å²) < 4.78 is 5.21. The van der Waals surface area contributed by atoms with Crippen LogP contribution in [0.5, 0.6) is 0 Å². The number of aliphatic carboxylic acids is 1. The van der Waals surface area contributed by atoms with Gasteiger partial charge >= 0.3 is 12.0 Å². The van der Waals surface area contributed by atoms with Crippen molar-refractivity contribution in [3.8, 4) is 0 Å². The molecule has 1 unspecified atom stereocenters. The average Bonchev–Trinajstić information content (AvgIpc) is 3.12. The van der Waals surface area contributed by atoms with Gasteiger partial charge in [-0.25, -0.2) is 4.79 Å². The van der Waals surface area contributed by atoms with E-state index in [1.165, 1.54) is 4.90 Å². The van der Waals surface area contributed by atoms with Crippen molar-refractivity contribution in [2.75, 3.05) is 38.2 Å². The molecule has 1 aromatic carbocycles. The number of urea groups is 1. The maximum absolute atomic E-state index is 12.2. The van der Waals surface area contributed by atoms with Crippen LogP contribution in [0, 0.1) is 5.92 Å². The molecule has 1 aromatic rings. The minimum atomic E-state index is -0.886. The van der Waals surface area contributed by atoms with E-state index in [9.17, 15) is 14.4 Å². The number of amides is 3. The van der Waals surface area contributed by atoms with Gasteiger partial charge in [0.05, 0.1) is 5.92 Å². The molecule has 1 aliphatic heterocycles. The van der Waals surface area contributed by atoms with Crippen LogP contribution in [-0.4, -0.2) is 60.8 Å². The van der Waals surface area contributed by atoms with E-state index in [2.05, 4.69) is 10.6 Å². The molecule has 0 bridgehead atoms. The molecule has 0 radical (unpaired) electrons. The molecular formula is C18H25N3O5. The number of rotatable bonds is 8. The minimum absolute atomic E-state index is 0.196. The van der Waals surface area contributed by atoms with Crippen molar-refractivity contribution in [2.24, 2.45) is 5.92 Å². The molecule has 3 amide bonds.